The highest BCUT2D eigenvalue weighted by molar-refractivity contribution is 6.74. The third kappa shape index (κ3) is 3.97. The Bertz CT molecular complexity index is 693. The maximum Gasteiger partial charge on any atom is 0.192 e. The molecule has 1 spiro atoms. The zero-order valence-corrected chi connectivity index (χ0v) is 19.7. The molecule has 29 heavy (non-hydrogen) atoms. The smallest absolute Gasteiger partial charge is 0.192 e. The molecule has 2 aliphatic carbocycles. The SMILES string of the molecule is CC(C)(C)[Si](C)(C)OC(CCC1C(O)CC2C1CC21OCCO1)c1ccccc1. The molecule has 0 radical (unpaired) electrons. The highest BCUT2D eigenvalue weighted by Crippen LogP contribution is 2.60. The van der Waals surface area contributed by atoms with Crippen LogP contribution in [-0.2, 0) is 13.9 Å². The number of benzene rings is 1. The van der Waals surface area contributed by atoms with Crippen LogP contribution in [0.3, 0.4) is 0 Å². The van der Waals surface area contributed by atoms with Crippen LogP contribution < -0.4 is 0 Å². The van der Waals surface area contributed by atoms with Crippen molar-refractivity contribution in [1.29, 1.82) is 0 Å². The highest BCUT2D eigenvalue weighted by Gasteiger charge is 2.64. The first-order valence-corrected chi connectivity index (χ1v) is 14.2. The first-order chi connectivity index (χ1) is 13.6. The Morgan fingerprint density at radius 3 is 2.45 bits per heavy atom. The molecule has 3 aliphatic rings. The Balaban J connectivity index is 1.45. The molecule has 1 saturated heterocycles. The molecule has 1 N–H and O–H groups in total. The van der Waals surface area contributed by atoms with Crippen LogP contribution in [0.2, 0.25) is 18.1 Å². The van der Waals surface area contributed by atoms with E-state index in [-0.39, 0.29) is 23.0 Å². The lowest BCUT2D eigenvalue weighted by Crippen LogP contribution is -2.54. The van der Waals surface area contributed by atoms with Crippen LogP contribution in [0.4, 0.5) is 0 Å². The second kappa shape index (κ2) is 7.76. The van der Waals surface area contributed by atoms with E-state index in [0.717, 1.165) is 25.7 Å². The van der Waals surface area contributed by atoms with E-state index in [1.54, 1.807) is 0 Å². The zero-order chi connectivity index (χ0) is 20.9. The van der Waals surface area contributed by atoms with Crippen molar-refractivity contribution in [3.8, 4) is 0 Å². The lowest BCUT2D eigenvalue weighted by atomic mass is 9.66. The number of aliphatic hydroxyl groups is 1. The van der Waals surface area contributed by atoms with Gasteiger partial charge in [-0.05, 0) is 54.8 Å². The summed E-state index contributed by atoms with van der Waals surface area (Å²) in [6.07, 6.45) is 3.55. The summed E-state index contributed by atoms with van der Waals surface area (Å²) in [5.74, 6) is 0.832. The minimum Gasteiger partial charge on any atom is -0.410 e. The van der Waals surface area contributed by atoms with Crippen LogP contribution in [0.1, 0.15) is 58.1 Å². The predicted molar refractivity (Wildman–Crippen MR) is 117 cm³/mol. The van der Waals surface area contributed by atoms with Gasteiger partial charge in [-0.15, -0.1) is 0 Å². The largest absolute Gasteiger partial charge is 0.410 e. The first-order valence-electron chi connectivity index (χ1n) is 11.3. The molecule has 3 fully saturated rings. The van der Waals surface area contributed by atoms with Gasteiger partial charge in [-0.1, -0.05) is 51.1 Å². The summed E-state index contributed by atoms with van der Waals surface area (Å²) in [6.45, 7) is 12.9. The van der Waals surface area contributed by atoms with Gasteiger partial charge in [0.1, 0.15) is 0 Å². The van der Waals surface area contributed by atoms with Gasteiger partial charge in [0.25, 0.3) is 0 Å². The molecule has 1 heterocycles. The highest BCUT2D eigenvalue weighted by atomic mass is 28.4. The number of aliphatic hydroxyl groups excluding tert-OH is 1. The van der Waals surface area contributed by atoms with Gasteiger partial charge in [0.15, 0.2) is 14.1 Å². The van der Waals surface area contributed by atoms with E-state index in [1.165, 1.54) is 5.56 Å². The van der Waals surface area contributed by atoms with Gasteiger partial charge in [0, 0.05) is 12.3 Å². The quantitative estimate of drug-likeness (QED) is 0.638. The van der Waals surface area contributed by atoms with E-state index in [1.807, 2.05) is 0 Å². The van der Waals surface area contributed by atoms with Crippen molar-refractivity contribution in [2.45, 2.75) is 82.6 Å². The minimum absolute atomic E-state index is 0.0939. The Kier molecular flexibility index (Phi) is 5.75. The lowest BCUT2D eigenvalue weighted by molar-refractivity contribution is -0.272. The molecule has 0 amide bonds. The molecule has 2 saturated carbocycles. The summed E-state index contributed by atoms with van der Waals surface area (Å²) in [7, 11) is -1.89. The average Bonchev–Trinajstić information content (AvgIpc) is 3.24. The second-order valence-electron chi connectivity index (χ2n) is 10.8. The molecule has 4 nitrogen and oxygen atoms in total. The summed E-state index contributed by atoms with van der Waals surface area (Å²) in [5, 5.41) is 11.0. The van der Waals surface area contributed by atoms with E-state index < -0.39 is 8.32 Å². The van der Waals surface area contributed by atoms with Crippen molar-refractivity contribution in [1.82, 2.24) is 0 Å². The Hall–Kier alpha value is -0.723. The second-order valence-corrected chi connectivity index (χ2v) is 15.6. The number of ether oxygens (including phenoxy) is 2. The fourth-order valence-corrected chi connectivity index (χ4v) is 6.68. The van der Waals surface area contributed by atoms with E-state index in [0.29, 0.717) is 31.0 Å². The van der Waals surface area contributed by atoms with Gasteiger partial charge in [0.05, 0.1) is 25.4 Å². The maximum atomic E-state index is 10.8. The molecule has 5 atom stereocenters. The molecule has 0 bridgehead atoms. The van der Waals surface area contributed by atoms with Crippen molar-refractivity contribution in [3.63, 3.8) is 0 Å². The van der Waals surface area contributed by atoms with Crippen molar-refractivity contribution in [3.05, 3.63) is 35.9 Å². The van der Waals surface area contributed by atoms with E-state index in [9.17, 15) is 5.11 Å². The lowest BCUT2D eigenvalue weighted by Gasteiger charge is -2.49. The van der Waals surface area contributed by atoms with Gasteiger partial charge in [0.2, 0.25) is 0 Å². The minimum atomic E-state index is -1.89. The summed E-state index contributed by atoms with van der Waals surface area (Å²) >= 11 is 0. The van der Waals surface area contributed by atoms with Crippen LogP contribution in [0.5, 0.6) is 0 Å². The van der Waals surface area contributed by atoms with E-state index in [2.05, 4.69) is 64.2 Å². The van der Waals surface area contributed by atoms with Gasteiger partial charge in [-0.2, -0.15) is 0 Å². The third-order valence-electron chi connectivity index (χ3n) is 8.09. The molecule has 5 heteroatoms. The number of hydrogen-bond donors (Lipinski definition) is 1. The maximum absolute atomic E-state index is 10.8. The van der Waals surface area contributed by atoms with Crippen molar-refractivity contribution < 1.29 is 19.0 Å². The summed E-state index contributed by atoms with van der Waals surface area (Å²) in [6, 6.07) is 10.6. The van der Waals surface area contributed by atoms with Crippen LogP contribution >= 0.6 is 0 Å². The monoisotopic (exact) mass is 418 g/mol. The van der Waals surface area contributed by atoms with Gasteiger partial charge in [-0.25, -0.2) is 0 Å². The third-order valence-corrected chi connectivity index (χ3v) is 12.6. The molecule has 1 aromatic rings. The van der Waals surface area contributed by atoms with Crippen LogP contribution in [-0.4, -0.2) is 38.5 Å². The molecule has 162 valence electrons. The van der Waals surface area contributed by atoms with Crippen LogP contribution in [0.15, 0.2) is 30.3 Å². The van der Waals surface area contributed by atoms with E-state index in [4.69, 9.17) is 13.9 Å². The molecule has 5 unspecified atom stereocenters. The van der Waals surface area contributed by atoms with E-state index >= 15 is 0 Å². The molecular formula is C24H38O4Si. The number of rotatable bonds is 6. The Labute approximate surface area is 177 Å². The van der Waals surface area contributed by atoms with Gasteiger partial charge < -0.3 is 19.0 Å². The number of hydrogen-bond acceptors (Lipinski definition) is 4. The Morgan fingerprint density at radius 2 is 1.83 bits per heavy atom. The molecular weight excluding hydrogens is 380 g/mol. The Morgan fingerprint density at radius 1 is 1.17 bits per heavy atom. The fourth-order valence-electron chi connectivity index (χ4n) is 5.36. The molecule has 0 aromatic heterocycles. The van der Waals surface area contributed by atoms with Crippen molar-refractivity contribution >= 4 is 8.32 Å². The summed E-state index contributed by atoms with van der Waals surface area (Å²) in [4.78, 5) is 0. The van der Waals surface area contributed by atoms with Gasteiger partial charge >= 0.3 is 0 Å². The molecule has 1 aliphatic heterocycles. The van der Waals surface area contributed by atoms with Gasteiger partial charge in [-0.3, -0.25) is 0 Å². The zero-order valence-electron chi connectivity index (χ0n) is 18.7. The number of fused-ring (bicyclic) bond motifs is 2. The molecule has 1 aromatic carbocycles. The summed E-state index contributed by atoms with van der Waals surface area (Å²) < 4.78 is 18.7. The molecule has 4 rings (SSSR count). The van der Waals surface area contributed by atoms with Crippen molar-refractivity contribution in [2.24, 2.45) is 17.8 Å². The first kappa shape index (κ1) is 21.5. The predicted octanol–water partition coefficient (Wildman–Crippen LogP) is 5.29. The average molecular weight is 419 g/mol. The standard InChI is InChI=1S/C24H38O4Si/c1-23(2,3)29(4,5)28-22(17-9-7-6-8-10-17)12-11-18-19-16-24(26-13-14-27-24)20(19)15-21(18)25/h6-10,18-22,25H,11-16H2,1-5H3. The van der Waals surface area contributed by atoms with Crippen LogP contribution in [0, 0.1) is 17.8 Å². The van der Waals surface area contributed by atoms with Crippen LogP contribution in [0.25, 0.3) is 0 Å². The normalized spacial score (nSPS) is 32.2. The topological polar surface area (TPSA) is 47.9 Å². The fraction of sp³-hybridized carbons (Fsp3) is 0.750. The summed E-state index contributed by atoms with van der Waals surface area (Å²) in [5.41, 5.74) is 1.26. The van der Waals surface area contributed by atoms with Crippen molar-refractivity contribution in [2.75, 3.05) is 13.2 Å².